The zero-order chi connectivity index (χ0) is 12.9. The van der Waals surface area contributed by atoms with Crippen LogP contribution in [0.2, 0.25) is 0 Å². The molecule has 2 nitrogen and oxygen atoms in total. The summed E-state index contributed by atoms with van der Waals surface area (Å²) in [5.41, 5.74) is 4.21. The minimum atomic E-state index is -0.560. The Morgan fingerprint density at radius 3 is 2.89 bits per heavy atom. The summed E-state index contributed by atoms with van der Waals surface area (Å²) < 4.78 is 0. The first-order valence-electron chi connectivity index (χ1n) is 5.72. The van der Waals surface area contributed by atoms with E-state index in [1.807, 2.05) is 6.92 Å². The molecular weight excluding hydrogens is 266 g/mol. The third kappa shape index (κ3) is 1.78. The predicted octanol–water partition coefficient (Wildman–Crippen LogP) is 3.86. The van der Waals surface area contributed by atoms with Crippen molar-refractivity contribution in [3.63, 3.8) is 0 Å². The third-order valence-corrected chi connectivity index (χ3v) is 4.88. The summed E-state index contributed by atoms with van der Waals surface area (Å²) in [6, 6.07) is 6.25. The van der Waals surface area contributed by atoms with Crippen molar-refractivity contribution in [2.75, 3.05) is 5.32 Å². The maximum atomic E-state index is 11.8. The van der Waals surface area contributed by atoms with Crippen LogP contribution in [-0.4, -0.2) is 11.2 Å². The largest absolute Gasteiger partial charge is 0.354 e. The summed E-state index contributed by atoms with van der Waals surface area (Å²) in [4.78, 5) is 13.8. The number of anilines is 1. The number of hydrogen-bond donors (Lipinski definition) is 1. The van der Waals surface area contributed by atoms with Crippen LogP contribution in [0.3, 0.4) is 0 Å². The van der Waals surface area contributed by atoms with Gasteiger partial charge in [0.1, 0.15) is 5.38 Å². The Bertz CT molecular complexity index is 618. The van der Waals surface area contributed by atoms with Crippen molar-refractivity contribution in [1.29, 1.82) is 0 Å². The third-order valence-electron chi connectivity index (χ3n) is 3.10. The van der Waals surface area contributed by atoms with Gasteiger partial charge in [0.2, 0.25) is 0 Å². The molecule has 0 spiro atoms. The van der Waals surface area contributed by atoms with E-state index in [1.54, 1.807) is 17.8 Å². The van der Waals surface area contributed by atoms with E-state index in [4.69, 9.17) is 11.6 Å². The molecule has 1 aliphatic carbocycles. The van der Waals surface area contributed by atoms with Crippen molar-refractivity contribution in [3.05, 3.63) is 46.0 Å². The van der Waals surface area contributed by atoms with Gasteiger partial charge in [0, 0.05) is 9.80 Å². The van der Waals surface area contributed by atoms with Crippen LogP contribution in [0, 0.1) is 6.92 Å². The van der Waals surface area contributed by atoms with Crippen LogP contribution >= 0.6 is 23.4 Å². The molecule has 1 N–H and O–H groups in total. The van der Waals surface area contributed by atoms with E-state index in [0.29, 0.717) is 0 Å². The second kappa shape index (κ2) is 4.18. The first-order valence-corrected chi connectivity index (χ1v) is 6.98. The molecule has 0 radical (unpaired) electrons. The number of fused-ring (bicyclic) bond motifs is 1. The minimum Gasteiger partial charge on any atom is -0.354 e. The van der Waals surface area contributed by atoms with E-state index in [0.717, 1.165) is 26.8 Å². The van der Waals surface area contributed by atoms with Crippen molar-refractivity contribution >= 4 is 34.8 Å². The summed E-state index contributed by atoms with van der Waals surface area (Å²) in [6.45, 7) is 3.99. The molecule has 1 atom stereocenters. The maximum absolute atomic E-state index is 11.8. The van der Waals surface area contributed by atoms with E-state index in [2.05, 4.69) is 30.4 Å². The van der Waals surface area contributed by atoms with Crippen LogP contribution in [0.5, 0.6) is 0 Å². The molecule has 0 aromatic heterocycles. The Morgan fingerprint density at radius 1 is 1.33 bits per heavy atom. The monoisotopic (exact) mass is 277 g/mol. The molecule has 0 bridgehead atoms. The van der Waals surface area contributed by atoms with Gasteiger partial charge in [-0.15, -0.1) is 11.6 Å². The number of nitrogens with one attached hydrogen (secondary N) is 1. The number of ketones is 1. The molecule has 18 heavy (non-hydrogen) atoms. The van der Waals surface area contributed by atoms with Gasteiger partial charge in [-0.05, 0) is 43.2 Å². The smallest absolute Gasteiger partial charge is 0.178 e. The second-order valence-corrected chi connectivity index (χ2v) is 6.08. The van der Waals surface area contributed by atoms with Crippen molar-refractivity contribution in [2.45, 2.75) is 24.1 Å². The Hall–Kier alpha value is -1.19. The number of aryl methyl sites for hydroxylation is 1. The van der Waals surface area contributed by atoms with Crippen molar-refractivity contribution < 1.29 is 4.79 Å². The van der Waals surface area contributed by atoms with Gasteiger partial charge in [-0.2, -0.15) is 0 Å². The lowest BCUT2D eigenvalue weighted by Gasteiger charge is -2.29. The summed E-state index contributed by atoms with van der Waals surface area (Å²) in [7, 11) is 0. The highest BCUT2D eigenvalue weighted by Gasteiger charge is 2.31. The van der Waals surface area contributed by atoms with Crippen LogP contribution in [0.4, 0.5) is 5.69 Å². The Balaban J connectivity index is 2.09. The van der Waals surface area contributed by atoms with Gasteiger partial charge in [-0.1, -0.05) is 17.8 Å². The van der Waals surface area contributed by atoms with Crippen molar-refractivity contribution in [3.8, 4) is 0 Å². The highest BCUT2D eigenvalue weighted by molar-refractivity contribution is 8.03. The number of carbonyl (C=O) groups is 1. The topological polar surface area (TPSA) is 29.1 Å². The quantitative estimate of drug-likeness (QED) is 0.730. The summed E-state index contributed by atoms with van der Waals surface area (Å²) in [5.74, 6) is -0.0293. The van der Waals surface area contributed by atoms with Crippen LogP contribution in [0.25, 0.3) is 0 Å². The molecule has 0 saturated heterocycles. The van der Waals surface area contributed by atoms with Gasteiger partial charge in [-0.25, -0.2) is 0 Å². The molecule has 2 aliphatic rings. The number of alkyl halides is 1. The molecule has 1 unspecified atom stereocenters. The Kier molecular flexibility index (Phi) is 2.76. The molecule has 0 fully saturated rings. The minimum absolute atomic E-state index is 0.0293. The molecule has 1 heterocycles. The standard InChI is InChI=1S/C14H12ClNOS/c1-7-3-4-9-11(5-7)18-14-12(15)10(17)6-8(2)13(14)16-9/h3-6,12,16H,1-2H3. The van der Waals surface area contributed by atoms with E-state index in [9.17, 15) is 4.79 Å². The number of thioether (sulfide) groups is 1. The summed E-state index contributed by atoms with van der Waals surface area (Å²) in [5, 5.41) is 2.82. The normalized spacial score (nSPS) is 22.1. The molecule has 1 aliphatic heterocycles. The fraction of sp³-hybridized carbons (Fsp3) is 0.214. The van der Waals surface area contributed by atoms with Crippen LogP contribution < -0.4 is 5.32 Å². The number of benzene rings is 1. The summed E-state index contributed by atoms with van der Waals surface area (Å²) in [6.07, 6.45) is 1.61. The lowest BCUT2D eigenvalue weighted by atomic mass is 10.0. The first-order chi connectivity index (χ1) is 8.56. The second-order valence-electron chi connectivity index (χ2n) is 4.56. The zero-order valence-electron chi connectivity index (χ0n) is 10.1. The molecule has 92 valence electrons. The van der Waals surface area contributed by atoms with Crippen molar-refractivity contribution in [2.24, 2.45) is 0 Å². The molecule has 1 aromatic carbocycles. The summed E-state index contributed by atoms with van der Waals surface area (Å²) >= 11 is 7.79. The van der Waals surface area contributed by atoms with Crippen molar-refractivity contribution in [1.82, 2.24) is 0 Å². The number of hydrogen-bond acceptors (Lipinski definition) is 3. The lowest BCUT2D eigenvalue weighted by Crippen LogP contribution is -2.24. The van der Waals surface area contributed by atoms with E-state index in [-0.39, 0.29) is 5.78 Å². The number of allylic oxidation sites excluding steroid dienone is 3. The highest BCUT2D eigenvalue weighted by atomic mass is 35.5. The zero-order valence-corrected chi connectivity index (χ0v) is 11.7. The molecule has 0 amide bonds. The van der Waals surface area contributed by atoms with E-state index in [1.165, 1.54) is 5.56 Å². The van der Waals surface area contributed by atoms with E-state index >= 15 is 0 Å². The van der Waals surface area contributed by atoms with Gasteiger partial charge in [0.25, 0.3) is 0 Å². The average Bonchev–Trinajstić information content (AvgIpc) is 2.34. The van der Waals surface area contributed by atoms with Crippen LogP contribution in [0.15, 0.2) is 45.3 Å². The average molecular weight is 278 g/mol. The fourth-order valence-electron chi connectivity index (χ4n) is 2.14. The van der Waals surface area contributed by atoms with Crippen LogP contribution in [-0.2, 0) is 4.79 Å². The number of rotatable bonds is 0. The first kappa shape index (κ1) is 11.9. The molecule has 3 rings (SSSR count). The molecular formula is C14H12ClNOS. The molecule has 4 heteroatoms. The van der Waals surface area contributed by atoms with Gasteiger partial charge in [-0.3, -0.25) is 4.79 Å². The van der Waals surface area contributed by atoms with Gasteiger partial charge in [0.05, 0.1) is 11.4 Å². The molecule has 1 aromatic rings. The number of carbonyl (C=O) groups excluding carboxylic acids is 1. The van der Waals surface area contributed by atoms with E-state index < -0.39 is 5.38 Å². The van der Waals surface area contributed by atoms with Gasteiger partial charge < -0.3 is 5.32 Å². The lowest BCUT2D eigenvalue weighted by molar-refractivity contribution is -0.113. The predicted molar refractivity (Wildman–Crippen MR) is 76.1 cm³/mol. The molecule has 0 saturated carbocycles. The Labute approximate surface area is 115 Å². The number of halogens is 1. The fourth-order valence-corrected chi connectivity index (χ4v) is 3.69. The van der Waals surface area contributed by atoms with Gasteiger partial charge in [0.15, 0.2) is 5.78 Å². The van der Waals surface area contributed by atoms with Crippen LogP contribution in [0.1, 0.15) is 12.5 Å². The SMILES string of the molecule is CC1=CC(=O)C(Cl)C2=C1Nc1ccc(C)cc1S2. The Morgan fingerprint density at radius 2 is 2.11 bits per heavy atom. The van der Waals surface area contributed by atoms with Gasteiger partial charge >= 0.3 is 0 Å². The maximum Gasteiger partial charge on any atom is 0.178 e. The highest BCUT2D eigenvalue weighted by Crippen LogP contribution is 2.46.